The number of hydrogen-bond donors (Lipinski definition) is 3. The van der Waals surface area contributed by atoms with Crippen molar-refractivity contribution in [1.82, 2.24) is 10.0 Å². The second-order valence-corrected chi connectivity index (χ2v) is 6.93. The fourth-order valence-corrected chi connectivity index (χ4v) is 3.24. The van der Waals surface area contributed by atoms with Crippen LogP contribution >= 0.6 is 0 Å². The molecule has 0 bridgehead atoms. The predicted octanol–water partition coefficient (Wildman–Crippen LogP) is 0.846. The van der Waals surface area contributed by atoms with Crippen molar-refractivity contribution >= 4 is 15.9 Å². The molecule has 0 radical (unpaired) electrons. The lowest BCUT2D eigenvalue weighted by Gasteiger charge is -2.28. The zero-order chi connectivity index (χ0) is 16.6. The number of carbonyl (C=O) groups is 1. The van der Waals surface area contributed by atoms with Crippen LogP contribution in [0.5, 0.6) is 0 Å². The van der Waals surface area contributed by atoms with E-state index in [0.717, 1.165) is 0 Å². The molecule has 0 atom stereocenters. The van der Waals surface area contributed by atoms with Crippen LogP contribution in [0.4, 0.5) is 0 Å². The molecule has 7 heteroatoms. The number of amides is 1. The standard InChI is InChI=1S/C15H25N3O3S/c1-3-15(4-2,12-16)14(19)17-10-11-18-22(20,21)13-8-6-5-7-9-13/h5-9,18H,3-4,10-12,16H2,1-2H3,(H,17,19). The second-order valence-electron chi connectivity index (χ2n) is 5.16. The van der Waals surface area contributed by atoms with Crippen molar-refractivity contribution < 1.29 is 13.2 Å². The Morgan fingerprint density at radius 3 is 2.23 bits per heavy atom. The van der Waals surface area contributed by atoms with Gasteiger partial charge in [0.05, 0.1) is 10.3 Å². The first kappa shape index (κ1) is 18.6. The fourth-order valence-electron chi connectivity index (χ4n) is 2.18. The van der Waals surface area contributed by atoms with Crippen LogP contribution < -0.4 is 15.8 Å². The van der Waals surface area contributed by atoms with Crippen LogP contribution in [0, 0.1) is 5.41 Å². The highest BCUT2D eigenvalue weighted by Gasteiger charge is 2.32. The molecule has 0 saturated carbocycles. The van der Waals surface area contributed by atoms with Crippen LogP contribution in [0.15, 0.2) is 35.2 Å². The molecule has 0 fully saturated rings. The van der Waals surface area contributed by atoms with E-state index in [4.69, 9.17) is 5.73 Å². The summed E-state index contributed by atoms with van der Waals surface area (Å²) in [7, 11) is -3.54. The van der Waals surface area contributed by atoms with E-state index in [2.05, 4.69) is 10.0 Å². The lowest BCUT2D eigenvalue weighted by molar-refractivity contribution is -0.130. The van der Waals surface area contributed by atoms with Gasteiger partial charge in [-0.3, -0.25) is 4.79 Å². The molecular formula is C15H25N3O3S. The SMILES string of the molecule is CCC(CC)(CN)C(=O)NCCNS(=O)(=O)c1ccccc1. The Labute approximate surface area is 132 Å². The summed E-state index contributed by atoms with van der Waals surface area (Å²) >= 11 is 0. The van der Waals surface area contributed by atoms with Gasteiger partial charge in [0.25, 0.3) is 0 Å². The number of rotatable bonds is 9. The Kier molecular flexibility index (Phi) is 6.99. The van der Waals surface area contributed by atoms with Crippen molar-refractivity contribution in [1.29, 1.82) is 0 Å². The summed E-state index contributed by atoms with van der Waals surface area (Å²) in [6.45, 7) is 4.49. The third-order valence-electron chi connectivity index (χ3n) is 3.98. The number of carbonyl (C=O) groups excluding carboxylic acids is 1. The summed E-state index contributed by atoms with van der Waals surface area (Å²) < 4.78 is 26.5. The van der Waals surface area contributed by atoms with E-state index in [1.54, 1.807) is 18.2 Å². The second kappa shape index (κ2) is 8.26. The molecule has 0 aliphatic rings. The van der Waals surface area contributed by atoms with Crippen molar-refractivity contribution in [3.05, 3.63) is 30.3 Å². The maximum atomic E-state index is 12.2. The Balaban J connectivity index is 2.50. The van der Waals surface area contributed by atoms with Gasteiger partial charge in [0, 0.05) is 19.6 Å². The molecule has 124 valence electrons. The molecule has 0 aliphatic carbocycles. The van der Waals surface area contributed by atoms with E-state index in [9.17, 15) is 13.2 Å². The molecular weight excluding hydrogens is 302 g/mol. The molecule has 0 heterocycles. The summed E-state index contributed by atoms with van der Waals surface area (Å²) in [5, 5.41) is 2.75. The van der Waals surface area contributed by atoms with Gasteiger partial charge in [0.1, 0.15) is 0 Å². The topological polar surface area (TPSA) is 101 Å². The molecule has 0 aliphatic heterocycles. The van der Waals surface area contributed by atoms with Gasteiger partial charge in [-0.1, -0.05) is 32.0 Å². The van der Waals surface area contributed by atoms with E-state index in [0.29, 0.717) is 12.8 Å². The highest BCUT2D eigenvalue weighted by Crippen LogP contribution is 2.24. The quantitative estimate of drug-likeness (QED) is 0.585. The maximum absolute atomic E-state index is 12.2. The summed E-state index contributed by atoms with van der Waals surface area (Å²) in [6, 6.07) is 8.12. The van der Waals surface area contributed by atoms with E-state index in [1.165, 1.54) is 12.1 Å². The van der Waals surface area contributed by atoms with Crippen LogP contribution in [-0.2, 0) is 14.8 Å². The van der Waals surface area contributed by atoms with Gasteiger partial charge in [-0.15, -0.1) is 0 Å². The minimum atomic E-state index is -3.54. The third-order valence-corrected chi connectivity index (χ3v) is 5.46. The summed E-state index contributed by atoms with van der Waals surface area (Å²) in [4.78, 5) is 12.4. The van der Waals surface area contributed by atoms with Crippen molar-refractivity contribution in [3.8, 4) is 0 Å². The van der Waals surface area contributed by atoms with Crippen molar-refractivity contribution in [3.63, 3.8) is 0 Å². The summed E-state index contributed by atoms with van der Waals surface area (Å²) in [6.07, 6.45) is 1.31. The van der Waals surface area contributed by atoms with Crippen LogP contribution in [0.3, 0.4) is 0 Å². The summed E-state index contributed by atoms with van der Waals surface area (Å²) in [5.41, 5.74) is 5.14. The molecule has 0 spiro atoms. The van der Waals surface area contributed by atoms with Gasteiger partial charge in [-0.2, -0.15) is 0 Å². The monoisotopic (exact) mass is 327 g/mol. The Bertz CT molecular complexity index is 561. The van der Waals surface area contributed by atoms with Crippen LogP contribution in [-0.4, -0.2) is 34.0 Å². The van der Waals surface area contributed by atoms with Crippen LogP contribution in [0.2, 0.25) is 0 Å². The van der Waals surface area contributed by atoms with Gasteiger partial charge in [0.2, 0.25) is 15.9 Å². The normalized spacial score (nSPS) is 12.1. The van der Waals surface area contributed by atoms with Crippen molar-refractivity contribution in [2.24, 2.45) is 11.1 Å². The maximum Gasteiger partial charge on any atom is 0.240 e. The van der Waals surface area contributed by atoms with Gasteiger partial charge in [0.15, 0.2) is 0 Å². The number of sulfonamides is 1. The third kappa shape index (κ3) is 4.53. The van der Waals surface area contributed by atoms with E-state index in [-0.39, 0.29) is 30.4 Å². The van der Waals surface area contributed by atoms with Gasteiger partial charge >= 0.3 is 0 Å². The number of hydrogen-bond acceptors (Lipinski definition) is 4. The molecule has 1 amide bonds. The molecule has 0 aromatic heterocycles. The molecule has 0 saturated heterocycles. The molecule has 1 aromatic carbocycles. The van der Waals surface area contributed by atoms with Crippen LogP contribution in [0.25, 0.3) is 0 Å². The molecule has 1 rings (SSSR count). The van der Waals surface area contributed by atoms with Crippen molar-refractivity contribution in [2.75, 3.05) is 19.6 Å². The lowest BCUT2D eigenvalue weighted by Crippen LogP contribution is -2.47. The van der Waals surface area contributed by atoms with Gasteiger partial charge < -0.3 is 11.1 Å². The molecule has 0 unspecified atom stereocenters. The Morgan fingerprint density at radius 1 is 1.14 bits per heavy atom. The van der Waals surface area contributed by atoms with Gasteiger partial charge in [-0.25, -0.2) is 13.1 Å². The fraction of sp³-hybridized carbons (Fsp3) is 0.533. The lowest BCUT2D eigenvalue weighted by atomic mass is 9.81. The zero-order valence-corrected chi connectivity index (χ0v) is 13.9. The minimum absolute atomic E-state index is 0.126. The summed E-state index contributed by atoms with van der Waals surface area (Å²) in [5.74, 6) is -0.126. The average molecular weight is 327 g/mol. The first-order valence-corrected chi connectivity index (χ1v) is 8.93. The zero-order valence-electron chi connectivity index (χ0n) is 13.1. The van der Waals surface area contributed by atoms with E-state index in [1.807, 2.05) is 13.8 Å². The smallest absolute Gasteiger partial charge is 0.240 e. The minimum Gasteiger partial charge on any atom is -0.354 e. The molecule has 1 aromatic rings. The largest absolute Gasteiger partial charge is 0.354 e. The highest BCUT2D eigenvalue weighted by atomic mass is 32.2. The van der Waals surface area contributed by atoms with E-state index >= 15 is 0 Å². The first-order chi connectivity index (χ1) is 10.4. The molecule has 4 N–H and O–H groups in total. The highest BCUT2D eigenvalue weighted by molar-refractivity contribution is 7.89. The molecule has 6 nitrogen and oxygen atoms in total. The average Bonchev–Trinajstić information content (AvgIpc) is 2.54. The number of nitrogens with one attached hydrogen (secondary N) is 2. The van der Waals surface area contributed by atoms with Crippen LogP contribution in [0.1, 0.15) is 26.7 Å². The van der Waals surface area contributed by atoms with E-state index < -0.39 is 15.4 Å². The number of nitrogens with two attached hydrogens (primary N) is 1. The Morgan fingerprint density at radius 2 is 1.73 bits per heavy atom. The van der Waals surface area contributed by atoms with Crippen molar-refractivity contribution in [2.45, 2.75) is 31.6 Å². The van der Waals surface area contributed by atoms with Gasteiger partial charge in [-0.05, 0) is 25.0 Å². The first-order valence-electron chi connectivity index (χ1n) is 7.45. The number of benzene rings is 1. The molecule has 22 heavy (non-hydrogen) atoms. The predicted molar refractivity (Wildman–Crippen MR) is 86.7 cm³/mol. The Hall–Kier alpha value is -1.44.